The fourth-order valence-electron chi connectivity index (χ4n) is 2.05. The molecule has 0 fully saturated rings. The molecule has 0 amide bonds. The van der Waals surface area contributed by atoms with E-state index in [9.17, 15) is 4.39 Å². The van der Waals surface area contributed by atoms with Gasteiger partial charge in [-0.2, -0.15) is 0 Å². The maximum atomic E-state index is 13.3. The van der Waals surface area contributed by atoms with Crippen LogP contribution in [0.2, 0.25) is 0 Å². The van der Waals surface area contributed by atoms with Crippen molar-refractivity contribution in [1.29, 1.82) is 0 Å². The molecule has 0 aliphatic rings. The summed E-state index contributed by atoms with van der Waals surface area (Å²) in [5.41, 5.74) is 3.64. The second-order valence-electron chi connectivity index (χ2n) is 4.51. The number of imidazole rings is 1. The molecular formula is C14H18FN3. The van der Waals surface area contributed by atoms with E-state index in [1.54, 1.807) is 13.0 Å². The third-order valence-corrected chi connectivity index (χ3v) is 3.21. The van der Waals surface area contributed by atoms with Crippen molar-refractivity contribution in [2.45, 2.75) is 20.4 Å². The van der Waals surface area contributed by atoms with Gasteiger partial charge in [-0.3, -0.25) is 0 Å². The second-order valence-corrected chi connectivity index (χ2v) is 4.51. The largest absolute Gasteiger partial charge is 0.334 e. The van der Waals surface area contributed by atoms with Crippen LogP contribution in [0.5, 0.6) is 0 Å². The first-order valence-electron chi connectivity index (χ1n) is 5.98. The van der Waals surface area contributed by atoms with Gasteiger partial charge in [0.1, 0.15) is 11.6 Å². The van der Waals surface area contributed by atoms with Gasteiger partial charge in [0.05, 0.1) is 11.4 Å². The summed E-state index contributed by atoms with van der Waals surface area (Å²) in [6.45, 7) is 4.48. The van der Waals surface area contributed by atoms with E-state index in [-0.39, 0.29) is 5.82 Å². The van der Waals surface area contributed by atoms with Gasteiger partial charge in [-0.1, -0.05) is 0 Å². The molecule has 0 saturated carbocycles. The summed E-state index contributed by atoms with van der Waals surface area (Å²) in [5.74, 6) is 0.777. The molecule has 0 aliphatic heterocycles. The molecule has 1 heterocycles. The number of hydrogen-bond acceptors (Lipinski definition) is 2. The van der Waals surface area contributed by atoms with Gasteiger partial charge in [0.15, 0.2) is 0 Å². The zero-order chi connectivity index (χ0) is 13.3. The molecule has 2 aromatic rings. The Morgan fingerprint density at radius 3 is 2.67 bits per heavy atom. The quantitative estimate of drug-likeness (QED) is 0.903. The molecule has 0 aliphatic carbocycles. The summed E-state index contributed by atoms with van der Waals surface area (Å²) in [6.07, 6.45) is 0. The van der Waals surface area contributed by atoms with Crippen LogP contribution in [0, 0.1) is 19.7 Å². The number of halogens is 1. The van der Waals surface area contributed by atoms with Crippen LogP contribution in [-0.4, -0.2) is 16.6 Å². The van der Waals surface area contributed by atoms with Crippen molar-refractivity contribution in [1.82, 2.24) is 14.9 Å². The molecule has 0 radical (unpaired) electrons. The predicted molar refractivity (Wildman–Crippen MR) is 70.8 cm³/mol. The Morgan fingerprint density at radius 2 is 2.06 bits per heavy atom. The minimum absolute atomic E-state index is 0.179. The minimum Gasteiger partial charge on any atom is -0.334 e. The van der Waals surface area contributed by atoms with E-state index in [4.69, 9.17) is 0 Å². The number of nitrogens with one attached hydrogen (secondary N) is 1. The molecule has 4 heteroatoms. The number of rotatable bonds is 3. The zero-order valence-electron chi connectivity index (χ0n) is 11.2. The smallest absolute Gasteiger partial charge is 0.126 e. The summed E-state index contributed by atoms with van der Waals surface area (Å²) < 4.78 is 15.4. The fourth-order valence-corrected chi connectivity index (χ4v) is 2.05. The van der Waals surface area contributed by atoms with Crippen molar-refractivity contribution in [2.75, 3.05) is 7.05 Å². The van der Waals surface area contributed by atoms with Crippen LogP contribution in [0.4, 0.5) is 4.39 Å². The molecule has 1 aromatic heterocycles. The van der Waals surface area contributed by atoms with Gasteiger partial charge in [-0.05, 0) is 44.7 Å². The maximum absolute atomic E-state index is 13.3. The summed E-state index contributed by atoms with van der Waals surface area (Å²) in [6, 6.07) is 5.12. The number of aromatic nitrogens is 2. The number of aryl methyl sites for hydroxylation is 2. The van der Waals surface area contributed by atoms with Crippen molar-refractivity contribution in [3.8, 4) is 11.3 Å². The summed E-state index contributed by atoms with van der Waals surface area (Å²) in [7, 11) is 3.90. The molecule has 96 valence electrons. The van der Waals surface area contributed by atoms with Gasteiger partial charge in [-0.15, -0.1) is 0 Å². The molecule has 0 spiro atoms. The highest BCUT2D eigenvalue weighted by Gasteiger charge is 2.14. The number of benzene rings is 1. The molecule has 0 saturated heterocycles. The van der Waals surface area contributed by atoms with Crippen LogP contribution in [0.25, 0.3) is 11.3 Å². The Bertz CT molecular complexity index is 573. The Hall–Kier alpha value is -1.68. The lowest BCUT2D eigenvalue weighted by molar-refractivity contribution is 0.618. The maximum Gasteiger partial charge on any atom is 0.126 e. The van der Waals surface area contributed by atoms with E-state index in [1.165, 1.54) is 6.07 Å². The van der Waals surface area contributed by atoms with Crippen molar-refractivity contribution >= 4 is 0 Å². The molecule has 1 N–H and O–H groups in total. The van der Waals surface area contributed by atoms with E-state index < -0.39 is 0 Å². The van der Waals surface area contributed by atoms with E-state index in [2.05, 4.69) is 14.9 Å². The van der Waals surface area contributed by atoms with Crippen LogP contribution in [0.1, 0.15) is 17.1 Å². The first-order valence-corrected chi connectivity index (χ1v) is 5.98. The molecule has 3 nitrogen and oxygen atoms in total. The summed E-state index contributed by atoms with van der Waals surface area (Å²) in [5, 5.41) is 3.14. The number of nitrogens with zero attached hydrogens (tertiary/aromatic N) is 2. The molecule has 0 atom stereocenters. The normalized spacial score (nSPS) is 10.9. The van der Waals surface area contributed by atoms with Crippen LogP contribution >= 0.6 is 0 Å². The Labute approximate surface area is 107 Å². The van der Waals surface area contributed by atoms with Crippen LogP contribution in [-0.2, 0) is 13.6 Å². The summed E-state index contributed by atoms with van der Waals surface area (Å²) >= 11 is 0. The average molecular weight is 247 g/mol. The lowest BCUT2D eigenvalue weighted by Gasteiger charge is -2.07. The molecule has 0 bridgehead atoms. The highest BCUT2D eigenvalue weighted by Crippen LogP contribution is 2.25. The predicted octanol–water partition coefficient (Wildman–Crippen LogP) is 2.56. The lowest BCUT2D eigenvalue weighted by Crippen LogP contribution is -2.10. The molecule has 1 aromatic carbocycles. The van der Waals surface area contributed by atoms with Gasteiger partial charge in [-0.25, -0.2) is 9.37 Å². The highest BCUT2D eigenvalue weighted by atomic mass is 19.1. The van der Waals surface area contributed by atoms with Gasteiger partial charge in [0, 0.05) is 19.2 Å². The lowest BCUT2D eigenvalue weighted by atomic mass is 10.1. The standard InChI is InChI=1S/C14H18FN3/c1-9-7-11(5-6-12(9)15)14-13(8-16-3)18(4)10(2)17-14/h5-7,16H,8H2,1-4H3. The third kappa shape index (κ3) is 2.16. The zero-order valence-corrected chi connectivity index (χ0v) is 11.2. The van der Waals surface area contributed by atoms with E-state index >= 15 is 0 Å². The third-order valence-electron chi connectivity index (χ3n) is 3.21. The SMILES string of the molecule is CNCc1c(-c2ccc(F)c(C)c2)nc(C)n1C. The molecular weight excluding hydrogens is 229 g/mol. The van der Waals surface area contributed by atoms with E-state index in [0.29, 0.717) is 5.56 Å². The average Bonchev–Trinajstić information content (AvgIpc) is 2.61. The Balaban J connectivity index is 2.55. The summed E-state index contributed by atoms with van der Waals surface area (Å²) in [4.78, 5) is 4.57. The topological polar surface area (TPSA) is 29.9 Å². The van der Waals surface area contributed by atoms with Crippen molar-refractivity contribution < 1.29 is 4.39 Å². The first kappa shape index (κ1) is 12.8. The van der Waals surface area contributed by atoms with E-state index in [0.717, 1.165) is 29.3 Å². The fraction of sp³-hybridized carbons (Fsp3) is 0.357. The van der Waals surface area contributed by atoms with Gasteiger partial charge < -0.3 is 9.88 Å². The van der Waals surface area contributed by atoms with Crippen LogP contribution in [0.15, 0.2) is 18.2 Å². The minimum atomic E-state index is -0.179. The van der Waals surface area contributed by atoms with Crippen molar-refractivity contribution in [2.24, 2.45) is 7.05 Å². The Kier molecular flexibility index (Phi) is 3.48. The Morgan fingerprint density at radius 1 is 1.33 bits per heavy atom. The second kappa shape index (κ2) is 4.90. The highest BCUT2D eigenvalue weighted by molar-refractivity contribution is 5.63. The van der Waals surface area contributed by atoms with Gasteiger partial charge in [0.2, 0.25) is 0 Å². The van der Waals surface area contributed by atoms with Crippen molar-refractivity contribution in [3.63, 3.8) is 0 Å². The van der Waals surface area contributed by atoms with Gasteiger partial charge >= 0.3 is 0 Å². The monoisotopic (exact) mass is 247 g/mol. The van der Waals surface area contributed by atoms with Crippen LogP contribution in [0.3, 0.4) is 0 Å². The molecule has 2 rings (SSSR count). The van der Waals surface area contributed by atoms with Gasteiger partial charge in [0.25, 0.3) is 0 Å². The first-order chi connectivity index (χ1) is 8.54. The van der Waals surface area contributed by atoms with Crippen molar-refractivity contribution in [3.05, 3.63) is 41.1 Å². The van der Waals surface area contributed by atoms with E-state index in [1.807, 2.05) is 27.1 Å². The number of hydrogen-bond donors (Lipinski definition) is 1. The molecule has 18 heavy (non-hydrogen) atoms. The van der Waals surface area contributed by atoms with Crippen LogP contribution < -0.4 is 5.32 Å². The molecule has 0 unspecified atom stereocenters.